The van der Waals surface area contributed by atoms with Crippen molar-refractivity contribution >= 4 is 12.0 Å². The Labute approximate surface area is 138 Å². The van der Waals surface area contributed by atoms with Gasteiger partial charge in [0.05, 0.1) is 11.6 Å². The number of carbonyl (C=O) groups is 1. The van der Waals surface area contributed by atoms with Crippen LogP contribution in [0.4, 0.5) is 0 Å². The quantitative estimate of drug-likeness (QED) is 0.865. The molecule has 1 N–H and O–H groups in total. The molecule has 1 aliphatic carbocycles. The monoisotopic (exact) mass is 312 g/mol. The summed E-state index contributed by atoms with van der Waals surface area (Å²) in [6, 6.07) is 7.42. The highest BCUT2D eigenvalue weighted by Gasteiger charge is 2.54. The maximum Gasteiger partial charge on any atom is 0.243 e. The molecule has 0 spiro atoms. The SMILES string of the molecule is CNC(=O)/C=C\c1cc(C#N)ccc1OC1C(C)(C)CC1(C)C. The zero-order valence-electron chi connectivity index (χ0n) is 14.4. The van der Waals surface area contributed by atoms with Crippen molar-refractivity contribution < 1.29 is 9.53 Å². The zero-order chi connectivity index (χ0) is 17.3. The van der Waals surface area contributed by atoms with Gasteiger partial charge in [0.2, 0.25) is 5.91 Å². The maximum absolute atomic E-state index is 11.4. The Hall–Kier alpha value is -2.28. The Morgan fingerprint density at radius 3 is 2.52 bits per heavy atom. The minimum absolute atomic E-state index is 0.0927. The first kappa shape index (κ1) is 17.1. The third kappa shape index (κ3) is 3.56. The van der Waals surface area contributed by atoms with Gasteiger partial charge in [-0.05, 0) is 30.7 Å². The number of carbonyl (C=O) groups excluding carboxylic acids is 1. The first-order valence-corrected chi connectivity index (χ1v) is 7.80. The van der Waals surface area contributed by atoms with E-state index >= 15 is 0 Å². The lowest BCUT2D eigenvalue weighted by molar-refractivity contribution is -0.133. The number of ether oxygens (including phenoxy) is 1. The summed E-state index contributed by atoms with van der Waals surface area (Å²) in [5.74, 6) is 0.512. The molecule has 1 aromatic rings. The van der Waals surface area contributed by atoms with Crippen LogP contribution in [0.2, 0.25) is 0 Å². The van der Waals surface area contributed by atoms with E-state index in [0.29, 0.717) is 11.3 Å². The fourth-order valence-corrected chi connectivity index (χ4v) is 3.84. The van der Waals surface area contributed by atoms with Crippen molar-refractivity contribution in [3.05, 3.63) is 35.4 Å². The van der Waals surface area contributed by atoms with Crippen LogP contribution in [-0.4, -0.2) is 19.1 Å². The first-order chi connectivity index (χ1) is 10.7. The van der Waals surface area contributed by atoms with Crippen molar-refractivity contribution in [3.63, 3.8) is 0 Å². The van der Waals surface area contributed by atoms with E-state index < -0.39 is 0 Å². The van der Waals surface area contributed by atoms with Gasteiger partial charge in [-0.25, -0.2) is 0 Å². The van der Waals surface area contributed by atoms with Gasteiger partial charge in [0, 0.05) is 29.5 Å². The minimum Gasteiger partial charge on any atom is -0.489 e. The van der Waals surface area contributed by atoms with Crippen LogP contribution in [0, 0.1) is 22.2 Å². The van der Waals surface area contributed by atoms with Crippen LogP contribution < -0.4 is 10.1 Å². The highest BCUT2D eigenvalue weighted by atomic mass is 16.5. The highest BCUT2D eigenvalue weighted by Crippen LogP contribution is 2.55. The van der Waals surface area contributed by atoms with Gasteiger partial charge in [-0.1, -0.05) is 27.7 Å². The van der Waals surface area contributed by atoms with Gasteiger partial charge in [0.15, 0.2) is 0 Å². The largest absolute Gasteiger partial charge is 0.489 e. The Kier molecular flexibility index (Phi) is 4.51. The molecule has 0 aliphatic heterocycles. The fraction of sp³-hybridized carbons (Fsp3) is 0.474. The van der Waals surface area contributed by atoms with E-state index in [1.54, 1.807) is 25.3 Å². The number of nitriles is 1. The lowest BCUT2D eigenvalue weighted by Gasteiger charge is -2.56. The number of rotatable bonds is 4. The van der Waals surface area contributed by atoms with Crippen LogP contribution in [0.1, 0.15) is 45.2 Å². The van der Waals surface area contributed by atoms with Gasteiger partial charge >= 0.3 is 0 Å². The Bertz CT molecular complexity index is 667. The van der Waals surface area contributed by atoms with Gasteiger partial charge < -0.3 is 10.1 Å². The molecule has 2 rings (SSSR count). The Morgan fingerprint density at radius 1 is 1.35 bits per heavy atom. The van der Waals surface area contributed by atoms with E-state index in [9.17, 15) is 4.79 Å². The number of amides is 1. The topological polar surface area (TPSA) is 62.1 Å². The number of hydrogen-bond acceptors (Lipinski definition) is 3. The fourth-order valence-electron chi connectivity index (χ4n) is 3.84. The van der Waals surface area contributed by atoms with Crippen molar-refractivity contribution in [2.75, 3.05) is 7.05 Å². The molecule has 122 valence electrons. The van der Waals surface area contributed by atoms with Gasteiger partial charge in [0.1, 0.15) is 11.9 Å². The summed E-state index contributed by atoms with van der Waals surface area (Å²) < 4.78 is 6.29. The molecule has 1 aromatic carbocycles. The third-order valence-electron chi connectivity index (χ3n) is 4.38. The van der Waals surface area contributed by atoms with Crippen LogP contribution in [0.25, 0.3) is 6.08 Å². The normalized spacial score (nSPS) is 19.0. The summed E-state index contributed by atoms with van der Waals surface area (Å²) in [4.78, 5) is 11.4. The molecular weight excluding hydrogens is 288 g/mol. The predicted molar refractivity (Wildman–Crippen MR) is 90.9 cm³/mol. The molecule has 0 unspecified atom stereocenters. The minimum atomic E-state index is -0.192. The summed E-state index contributed by atoms with van der Waals surface area (Å²) in [5, 5.41) is 11.6. The summed E-state index contributed by atoms with van der Waals surface area (Å²) in [7, 11) is 1.58. The second-order valence-corrected chi connectivity index (χ2v) is 7.46. The number of benzene rings is 1. The van der Waals surface area contributed by atoms with Crippen molar-refractivity contribution in [3.8, 4) is 11.8 Å². The zero-order valence-corrected chi connectivity index (χ0v) is 14.4. The third-order valence-corrected chi connectivity index (χ3v) is 4.38. The molecule has 1 amide bonds. The van der Waals surface area contributed by atoms with Crippen molar-refractivity contribution in [2.45, 2.75) is 40.2 Å². The molecule has 0 heterocycles. The molecule has 23 heavy (non-hydrogen) atoms. The van der Waals surface area contributed by atoms with E-state index in [0.717, 1.165) is 12.0 Å². The first-order valence-electron chi connectivity index (χ1n) is 7.80. The van der Waals surface area contributed by atoms with Crippen molar-refractivity contribution in [1.82, 2.24) is 5.32 Å². The lowest BCUT2D eigenvalue weighted by atomic mass is 9.53. The summed E-state index contributed by atoms with van der Waals surface area (Å²) in [6.45, 7) is 8.80. The van der Waals surface area contributed by atoms with Gasteiger partial charge in [-0.15, -0.1) is 0 Å². The molecule has 0 saturated heterocycles. The molecule has 4 heteroatoms. The molecule has 4 nitrogen and oxygen atoms in total. The smallest absolute Gasteiger partial charge is 0.243 e. The summed E-state index contributed by atoms with van der Waals surface area (Å²) in [5.41, 5.74) is 1.51. The van der Waals surface area contributed by atoms with Gasteiger partial charge in [0.25, 0.3) is 0 Å². The van der Waals surface area contributed by atoms with Gasteiger partial charge in [-0.2, -0.15) is 5.26 Å². The molecule has 0 bridgehead atoms. The lowest BCUT2D eigenvalue weighted by Crippen LogP contribution is -2.58. The molecule has 0 aromatic heterocycles. The van der Waals surface area contributed by atoms with E-state index in [1.807, 2.05) is 6.07 Å². The van der Waals surface area contributed by atoms with E-state index in [-0.39, 0.29) is 22.8 Å². The second-order valence-electron chi connectivity index (χ2n) is 7.46. The predicted octanol–water partition coefficient (Wildman–Crippen LogP) is 3.52. The van der Waals surface area contributed by atoms with Gasteiger partial charge in [-0.3, -0.25) is 4.79 Å². The molecule has 1 aliphatic rings. The van der Waals surface area contributed by atoms with Crippen molar-refractivity contribution in [2.24, 2.45) is 10.8 Å². The van der Waals surface area contributed by atoms with E-state index in [1.165, 1.54) is 6.08 Å². The summed E-state index contributed by atoms with van der Waals surface area (Å²) >= 11 is 0. The molecule has 1 fully saturated rings. The Balaban J connectivity index is 2.33. The number of hydrogen-bond donors (Lipinski definition) is 1. The number of nitrogens with zero attached hydrogens (tertiary/aromatic N) is 1. The average molecular weight is 312 g/mol. The van der Waals surface area contributed by atoms with Crippen molar-refractivity contribution in [1.29, 1.82) is 5.26 Å². The molecule has 0 radical (unpaired) electrons. The van der Waals surface area contributed by atoms with Crippen LogP contribution in [0.15, 0.2) is 24.3 Å². The van der Waals surface area contributed by atoms with E-state index in [2.05, 4.69) is 39.1 Å². The number of nitrogens with one attached hydrogen (secondary N) is 1. The molecule has 0 atom stereocenters. The molecular formula is C19H24N2O2. The summed E-state index contributed by atoms with van der Waals surface area (Å²) in [6.07, 6.45) is 4.33. The Morgan fingerprint density at radius 2 is 2.00 bits per heavy atom. The van der Waals surface area contributed by atoms with Crippen LogP contribution in [0.5, 0.6) is 5.75 Å². The standard InChI is InChI=1S/C19H24N2O2/c1-18(2)12-19(3,4)17(18)23-15-8-6-13(11-20)10-14(15)7-9-16(22)21-5/h6-10,17H,12H2,1-5H3,(H,21,22)/b9-7-. The highest BCUT2D eigenvalue weighted by molar-refractivity contribution is 5.91. The second kappa shape index (κ2) is 6.08. The van der Waals surface area contributed by atoms with Crippen LogP contribution in [-0.2, 0) is 4.79 Å². The van der Waals surface area contributed by atoms with Crippen LogP contribution in [0.3, 0.4) is 0 Å². The van der Waals surface area contributed by atoms with Crippen LogP contribution >= 0.6 is 0 Å². The van der Waals surface area contributed by atoms with E-state index in [4.69, 9.17) is 10.00 Å². The molecule has 1 saturated carbocycles. The maximum atomic E-state index is 11.4. The number of likely N-dealkylation sites (N-methyl/N-ethyl adjacent to an activating group) is 1. The average Bonchev–Trinajstić information content (AvgIpc) is 2.49.